The highest BCUT2D eigenvalue weighted by molar-refractivity contribution is 6.01. The van der Waals surface area contributed by atoms with Gasteiger partial charge < -0.3 is 10.2 Å². The zero-order valence-electron chi connectivity index (χ0n) is 17.8. The van der Waals surface area contributed by atoms with E-state index in [1.54, 1.807) is 6.20 Å². The van der Waals surface area contributed by atoms with E-state index < -0.39 is 5.82 Å². The molecule has 6 nitrogen and oxygen atoms in total. The molecule has 0 saturated carbocycles. The molecular weight excluding hydrogens is 393 g/mol. The first-order valence-corrected chi connectivity index (χ1v) is 10.6. The second-order valence-electron chi connectivity index (χ2n) is 8.06. The quantitative estimate of drug-likeness (QED) is 0.666. The molecule has 7 heteroatoms. The number of pyridine rings is 1. The summed E-state index contributed by atoms with van der Waals surface area (Å²) in [5.41, 5.74) is 3.31. The molecule has 2 aromatic heterocycles. The number of benzene rings is 1. The number of amides is 1. The number of carbonyl (C=O) groups excluding carboxylic acids is 1. The van der Waals surface area contributed by atoms with Gasteiger partial charge in [0, 0.05) is 30.4 Å². The van der Waals surface area contributed by atoms with Gasteiger partial charge >= 0.3 is 0 Å². The van der Waals surface area contributed by atoms with Gasteiger partial charge in [-0.2, -0.15) is 0 Å². The minimum atomic E-state index is -0.477. The smallest absolute Gasteiger partial charge is 0.254 e. The largest absolute Gasteiger partial charge is 0.352 e. The molecule has 1 aliphatic heterocycles. The van der Waals surface area contributed by atoms with Crippen molar-refractivity contribution in [1.82, 2.24) is 19.9 Å². The molecule has 1 aromatic carbocycles. The highest BCUT2D eigenvalue weighted by atomic mass is 19.1. The Bertz CT molecular complexity index is 1040. The summed E-state index contributed by atoms with van der Waals surface area (Å²) in [6, 6.07) is 11.6. The third-order valence-corrected chi connectivity index (χ3v) is 5.81. The Labute approximate surface area is 181 Å². The Morgan fingerprint density at radius 1 is 1.19 bits per heavy atom. The van der Waals surface area contributed by atoms with Crippen LogP contribution in [0.25, 0.3) is 11.3 Å². The molecule has 4 rings (SSSR count). The summed E-state index contributed by atoms with van der Waals surface area (Å²) < 4.78 is 13.1. The Kier molecular flexibility index (Phi) is 6.21. The molecule has 1 saturated heterocycles. The van der Waals surface area contributed by atoms with E-state index in [0.29, 0.717) is 30.5 Å². The number of carbonyl (C=O) groups is 1. The molecule has 0 aliphatic carbocycles. The molecule has 2 atom stereocenters. The van der Waals surface area contributed by atoms with Crippen LogP contribution in [0.5, 0.6) is 0 Å². The Balaban J connectivity index is 1.61. The fourth-order valence-electron chi connectivity index (χ4n) is 4.15. The van der Waals surface area contributed by atoms with Gasteiger partial charge in [0.2, 0.25) is 5.95 Å². The normalized spacial score (nSPS) is 18.6. The number of nitrogens with one attached hydrogen (secondary N) is 1. The average Bonchev–Trinajstić information content (AvgIpc) is 2.79. The van der Waals surface area contributed by atoms with E-state index >= 15 is 0 Å². The number of hydrogen-bond acceptors (Lipinski definition) is 5. The molecule has 0 bridgehead atoms. The fraction of sp³-hybridized carbons (Fsp3) is 0.333. The van der Waals surface area contributed by atoms with E-state index in [1.165, 1.54) is 0 Å². The highest BCUT2D eigenvalue weighted by Gasteiger charge is 2.33. The van der Waals surface area contributed by atoms with Crippen molar-refractivity contribution in [3.8, 4) is 11.3 Å². The van der Waals surface area contributed by atoms with Crippen molar-refractivity contribution in [3.05, 3.63) is 71.9 Å². The Hall–Kier alpha value is -3.35. The molecule has 0 spiro atoms. The molecule has 31 heavy (non-hydrogen) atoms. The number of nitrogens with zero attached hydrogens (tertiary/aromatic N) is 4. The number of hydrogen-bond donors (Lipinski definition) is 1. The predicted octanol–water partition coefficient (Wildman–Crippen LogP) is 4.34. The maximum atomic E-state index is 13.7. The number of rotatable bonds is 5. The monoisotopic (exact) mass is 419 g/mol. The highest BCUT2D eigenvalue weighted by Crippen LogP contribution is 2.29. The van der Waals surface area contributed by atoms with Crippen molar-refractivity contribution >= 4 is 11.9 Å². The van der Waals surface area contributed by atoms with E-state index in [9.17, 15) is 9.18 Å². The number of aryl methyl sites for hydroxylation is 1. The predicted molar refractivity (Wildman–Crippen MR) is 118 cm³/mol. The summed E-state index contributed by atoms with van der Waals surface area (Å²) in [6.07, 6.45) is 6.01. The zero-order chi connectivity index (χ0) is 21.8. The lowest BCUT2D eigenvalue weighted by Gasteiger charge is -2.40. The van der Waals surface area contributed by atoms with E-state index in [2.05, 4.69) is 27.2 Å². The van der Waals surface area contributed by atoms with Crippen molar-refractivity contribution in [2.24, 2.45) is 5.92 Å². The summed E-state index contributed by atoms with van der Waals surface area (Å²) in [4.78, 5) is 28.1. The van der Waals surface area contributed by atoms with Crippen LogP contribution >= 0.6 is 0 Å². The third-order valence-electron chi connectivity index (χ3n) is 5.81. The molecule has 3 heterocycles. The first-order valence-electron chi connectivity index (χ1n) is 10.6. The third kappa shape index (κ3) is 4.71. The Morgan fingerprint density at radius 3 is 2.74 bits per heavy atom. The van der Waals surface area contributed by atoms with Crippen LogP contribution in [0.1, 0.15) is 35.7 Å². The number of likely N-dealkylation sites (tertiary alicyclic amines) is 1. The average molecular weight is 420 g/mol. The lowest BCUT2D eigenvalue weighted by atomic mass is 9.89. The van der Waals surface area contributed by atoms with Gasteiger partial charge in [0.1, 0.15) is 0 Å². The van der Waals surface area contributed by atoms with Crippen LogP contribution in [-0.2, 0) is 0 Å². The van der Waals surface area contributed by atoms with E-state index in [0.717, 1.165) is 42.1 Å². The lowest BCUT2D eigenvalue weighted by molar-refractivity contribution is 0.0540. The van der Waals surface area contributed by atoms with E-state index in [4.69, 9.17) is 0 Å². The van der Waals surface area contributed by atoms with E-state index in [-0.39, 0.29) is 11.9 Å². The maximum Gasteiger partial charge on any atom is 0.254 e. The van der Waals surface area contributed by atoms with Gasteiger partial charge in [-0.1, -0.05) is 30.7 Å². The molecule has 1 aliphatic rings. The molecule has 1 fully saturated rings. The Morgan fingerprint density at radius 2 is 2.00 bits per heavy atom. The van der Waals surface area contributed by atoms with Crippen LogP contribution in [0.2, 0.25) is 0 Å². The summed E-state index contributed by atoms with van der Waals surface area (Å²) in [5, 5.41) is 3.17. The van der Waals surface area contributed by atoms with Crippen LogP contribution in [0.4, 0.5) is 10.3 Å². The van der Waals surface area contributed by atoms with Gasteiger partial charge in [0.05, 0.1) is 24.1 Å². The lowest BCUT2D eigenvalue weighted by Crippen LogP contribution is -2.51. The summed E-state index contributed by atoms with van der Waals surface area (Å²) >= 11 is 0. The second kappa shape index (κ2) is 9.20. The van der Waals surface area contributed by atoms with Gasteiger partial charge in [0.25, 0.3) is 5.91 Å². The zero-order valence-corrected chi connectivity index (χ0v) is 17.8. The maximum absolute atomic E-state index is 13.7. The first-order chi connectivity index (χ1) is 15.0. The summed E-state index contributed by atoms with van der Waals surface area (Å²) in [6.45, 7) is 5.34. The van der Waals surface area contributed by atoms with Crippen LogP contribution < -0.4 is 5.32 Å². The summed E-state index contributed by atoms with van der Waals surface area (Å²) in [5.74, 6) is 0.197. The minimum absolute atomic E-state index is 0.00253. The summed E-state index contributed by atoms with van der Waals surface area (Å²) in [7, 11) is 0. The fourth-order valence-corrected chi connectivity index (χ4v) is 4.15. The van der Waals surface area contributed by atoms with Gasteiger partial charge in [-0.05, 0) is 43.9 Å². The first kappa shape index (κ1) is 20.9. The SMILES string of the molecule is Cc1ccc(-c2ccccn2)c(C(=O)N2CCCC(C)[C@H]2CNc2ncc(F)cn2)c1. The van der Waals surface area contributed by atoms with Crippen molar-refractivity contribution in [2.45, 2.75) is 32.7 Å². The van der Waals surface area contributed by atoms with Crippen LogP contribution in [-0.4, -0.2) is 44.9 Å². The molecule has 1 unspecified atom stereocenters. The van der Waals surface area contributed by atoms with Crippen molar-refractivity contribution in [2.75, 3.05) is 18.4 Å². The standard InChI is InChI=1S/C24H26FN5O/c1-16-8-9-19(21-7-3-4-10-26-21)20(12-16)23(31)30-11-5-6-17(2)22(30)15-29-24-27-13-18(25)14-28-24/h3-4,7-10,12-14,17,22H,5-6,11,15H2,1-2H3,(H,27,28,29)/t17?,22-/m1/s1. The number of halogens is 1. The topological polar surface area (TPSA) is 71.0 Å². The van der Waals surface area contributed by atoms with Gasteiger partial charge in [-0.25, -0.2) is 14.4 Å². The molecule has 1 amide bonds. The second-order valence-corrected chi connectivity index (χ2v) is 8.06. The van der Waals surface area contributed by atoms with Crippen LogP contribution in [0.15, 0.2) is 55.0 Å². The van der Waals surface area contributed by atoms with E-state index in [1.807, 2.05) is 48.2 Å². The minimum Gasteiger partial charge on any atom is -0.352 e. The van der Waals surface area contributed by atoms with Gasteiger partial charge in [-0.3, -0.25) is 9.78 Å². The van der Waals surface area contributed by atoms with Crippen LogP contribution in [0, 0.1) is 18.7 Å². The van der Waals surface area contributed by atoms with Crippen molar-refractivity contribution < 1.29 is 9.18 Å². The number of piperidine rings is 1. The molecule has 3 aromatic rings. The number of anilines is 1. The molecule has 1 N–H and O–H groups in total. The molecule has 160 valence electrons. The van der Waals surface area contributed by atoms with Crippen LogP contribution in [0.3, 0.4) is 0 Å². The van der Waals surface area contributed by atoms with Crippen molar-refractivity contribution in [1.29, 1.82) is 0 Å². The van der Waals surface area contributed by atoms with Gasteiger partial charge in [-0.15, -0.1) is 0 Å². The molecule has 0 radical (unpaired) electrons. The molecular formula is C24H26FN5O. The van der Waals surface area contributed by atoms with Gasteiger partial charge in [0.15, 0.2) is 5.82 Å². The van der Waals surface area contributed by atoms with Crippen molar-refractivity contribution in [3.63, 3.8) is 0 Å². The number of aromatic nitrogens is 3.